The summed E-state index contributed by atoms with van der Waals surface area (Å²) in [5.41, 5.74) is 1.57. The maximum Gasteiger partial charge on any atom is 0.265 e. The lowest BCUT2D eigenvalue weighted by Crippen LogP contribution is -2.35. The van der Waals surface area contributed by atoms with Gasteiger partial charge in [-0.15, -0.1) is 0 Å². The fourth-order valence-corrected chi connectivity index (χ4v) is 1.74. The Morgan fingerprint density at radius 1 is 1.47 bits per heavy atom. The number of benzene rings is 1. The van der Waals surface area contributed by atoms with E-state index in [0.29, 0.717) is 5.69 Å². The Morgan fingerprint density at radius 2 is 2.21 bits per heavy atom. The minimum Gasteiger partial charge on any atom is -0.385 e. The van der Waals surface area contributed by atoms with E-state index in [1.165, 1.54) is 12.1 Å². The van der Waals surface area contributed by atoms with Gasteiger partial charge in [0.25, 0.3) is 12.3 Å². The summed E-state index contributed by atoms with van der Waals surface area (Å²) in [6.45, 7) is -0.528. The molecule has 0 aliphatic carbocycles. The molecule has 1 unspecified atom stereocenters. The van der Waals surface area contributed by atoms with Crippen LogP contribution in [0.3, 0.4) is 0 Å². The number of nitrogens with one attached hydrogen (secondary N) is 2. The number of carbonyl (C=O) groups excluding carboxylic acids is 2. The topological polar surface area (TPSA) is 78.4 Å². The third kappa shape index (κ3) is 3.05. The Hall–Kier alpha value is -2.02. The van der Waals surface area contributed by atoms with Crippen molar-refractivity contribution in [3.8, 4) is 0 Å². The van der Waals surface area contributed by atoms with Crippen molar-refractivity contribution in [2.45, 2.75) is 19.0 Å². The zero-order valence-corrected chi connectivity index (χ0v) is 9.82. The van der Waals surface area contributed by atoms with Gasteiger partial charge in [-0.25, -0.2) is 8.78 Å². The molecule has 1 aliphatic rings. The molecule has 0 fully saturated rings. The molecule has 0 radical (unpaired) electrons. The van der Waals surface area contributed by atoms with E-state index >= 15 is 0 Å². The van der Waals surface area contributed by atoms with Crippen molar-refractivity contribution < 1.29 is 23.5 Å². The molecular formula is C12H12F2N2O3. The van der Waals surface area contributed by atoms with Gasteiger partial charge in [0.05, 0.1) is 6.42 Å². The predicted molar refractivity (Wildman–Crippen MR) is 63.1 cm³/mol. The van der Waals surface area contributed by atoms with Crippen LogP contribution in [-0.2, 0) is 11.2 Å². The number of fused-ring (bicyclic) bond motifs is 1. The molecule has 1 heterocycles. The Morgan fingerprint density at radius 3 is 2.89 bits per heavy atom. The minimum absolute atomic E-state index is 0.152. The number of hydrogen-bond donors (Lipinski definition) is 3. The van der Waals surface area contributed by atoms with Gasteiger partial charge >= 0.3 is 0 Å². The highest BCUT2D eigenvalue weighted by molar-refractivity contribution is 6.02. The second kappa shape index (κ2) is 5.31. The Bertz CT molecular complexity index is 520. The number of alkyl halides is 2. The quantitative estimate of drug-likeness (QED) is 0.747. The fourth-order valence-electron chi connectivity index (χ4n) is 1.74. The number of aliphatic hydroxyl groups is 1. The average molecular weight is 270 g/mol. The number of amides is 2. The van der Waals surface area contributed by atoms with Crippen LogP contribution >= 0.6 is 0 Å². The first-order valence-corrected chi connectivity index (χ1v) is 5.64. The number of halogens is 2. The van der Waals surface area contributed by atoms with Gasteiger partial charge in [0, 0.05) is 17.8 Å². The lowest BCUT2D eigenvalue weighted by molar-refractivity contribution is -0.115. The first-order chi connectivity index (χ1) is 8.97. The molecular weight excluding hydrogens is 258 g/mol. The molecule has 0 bridgehead atoms. The number of anilines is 1. The maximum atomic E-state index is 12.1. The molecule has 1 aliphatic heterocycles. The van der Waals surface area contributed by atoms with Crippen LogP contribution in [0.5, 0.6) is 0 Å². The standard InChI is InChI=1S/C12H12F2N2O3/c13-11(14)9(17)5-15-12(19)7-2-1-6-4-10(18)16-8(6)3-7/h1-3,9,11,17H,4-5H2,(H,15,19)(H,16,18). The van der Waals surface area contributed by atoms with Crippen molar-refractivity contribution >= 4 is 17.5 Å². The van der Waals surface area contributed by atoms with Crippen LogP contribution in [-0.4, -0.2) is 36.0 Å². The zero-order chi connectivity index (χ0) is 14.0. The van der Waals surface area contributed by atoms with Crippen LogP contribution < -0.4 is 10.6 Å². The van der Waals surface area contributed by atoms with E-state index in [9.17, 15) is 18.4 Å². The molecule has 5 nitrogen and oxygen atoms in total. The van der Waals surface area contributed by atoms with Crippen molar-refractivity contribution in [1.82, 2.24) is 5.32 Å². The van der Waals surface area contributed by atoms with E-state index in [1.807, 2.05) is 0 Å². The summed E-state index contributed by atoms with van der Waals surface area (Å²) in [7, 11) is 0. The van der Waals surface area contributed by atoms with E-state index < -0.39 is 25.0 Å². The summed E-state index contributed by atoms with van der Waals surface area (Å²) in [5.74, 6) is -0.732. The summed E-state index contributed by atoms with van der Waals surface area (Å²) in [6.07, 6.45) is -4.53. The van der Waals surface area contributed by atoms with E-state index in [0.717, 1.165) is 5.56 Å². The molecule has 2 rings (SSSR count). The highest BCUT2D eigenvalue weighted by Gasteiger charge is 2.20. The van der Waals surface area contributed by atoms with Crippen molar-refractivity contribution in [2.24, 2.45) is 0 Å². The van der Waals surface area contributed by atoms with E-state index in [2.05, 4.69) is 10.6 Å². The van der Waals surface area contributed by atoms with Crippen LogP contribution in [0.4, 0.5) is 14.5 Å². The first-order valence-electron chi connectivity index (χ1n) is 5.64. The van der Waals surface area contributed by atoms with Crippen molar-refractivity contribution in [2.75, 3.05) is 11.9 Å². The Labute approximate surface area is 107 Å². The van der Waals surface area contributed by atoms with E-state index in [4.69, 9.17) is 5.11 Å². The van der Waals surface area contributed by atoms with Gasteiger partial charge in [0.1, 0.15) is 6.10 Å². The van der Waals surface area contributed by atoms with Crippen molar-refractivity contribution in [1.29, 1.82) is 0 Å². The SMILES string of the molecule is O=C1Cc2ccc(C(=O)NCC(O)C(F)F)cc2N1. The Balaban J connectivity index is 2.01. The molecule has 1 aromatic carbocycles. The summed E-state index contributed by atoms with van der Waals surface area (Å²) in [5, 5.41) is 13.7. The lowest BCUT2D eigenvalue weighted by Gasteiger charge is -2.11. The molecule has 1 atom stereocenters. The molecule has 7 heteroatoms. The monoisotopic (exact) mass is 270 g/mol. The third-order valence-electron chi connectivity index (χ3n) is 2.76. The van der Waals surface area contributed by atoms with Crippen LogP contribution in [0.25, 0.3) is 0 Å². The number of aliphatic hydroxyl groups excluding tert-OH is 1. The Kier molecular flexibility index (Phi) is 3.75. The average Bonchev–Trinajstić information content (AvgIpc) is 2.74. The van der Waals surface area contributed by atoms with Gasteiger partial charge < -0.3 is 15.7 Å². The largest absolute Gasteiger partial charge is 0.385 e. The normalized spacial score (nSPS) is 15.1. The van der Waals surface area contributed by atoms with Crippen LogP contribution in [0.15, 0.2) is 18.2 Å². The molecule has 0 aromatic heterocycles. The second-order valence-electron chi connectivity index (χ2n) is 4.21. The van der Waals surface area contributed by atoms with Crippen LogP contribution in [0.2, 0.25) is 0 Å². The third-order valence-corrected chi connectivity index (χ3v) is 2.76. The molecule has 2 amide bonds. The van der Waals surface area contributed by atoms with Gasteiger partial charge in [-0.05, 0) is 17.7 Å². The van der Waals surface area contributed by atoms with Crippen molar-refractivity contribution in [3.05, 3.63) is 29.3 Å². The van der Waals surface area contributed by atoms with E-state index in [-0.39, 0.29) is 17.9 Å². The van der Waals surface area contributed by atoms with Gasteiger partial charge in [-0.1, -0.05) is 6.07 Å². The van der Waals surface area contributed by atoms with E-state index in [1.54, 1.807) is 6.07 Å². The molecule has 1 aromatic rings. The molecule has 0 saturated carbocycles. The summed E-state index contributed by atoms with van der Waals surface area (Å²) in [6, 6.07) is 4.61. The van der Waals surface area contributed by atoms with Gasteiger partial charge in [0.15, 0.2) is 0 Å². The molecule has 3 N–H and O–H groups in total. The minimum atomic E-state index is -2.90. The van der Waals surface area contributed by atoms with Crippen LogP contribution in [0, 0.1) is 0 Å². The van der Waals surface area contributed by atoms with Gasteiger partial charge in [-0.3, -0.25) is 9.59 Å². The molecule has 102 valence electrons. The summed E-state index contributed by atoms with van der Waals surface area (Å²) < 4.78 is 24.1. The van der Waals surface area contributed by atoms with Gasteiger partial charge in [0.2, 0.25) is 5.91 Å². The predicted octanol–water partition coefficient (Wildman–Crippen LogP) is 0.537. The number of hydrogen-bond acceptors (Lipinski definition) is 3. The first kappa shape index (κ1) is 13.4. The highest BCUT2D eigenvalue weighted by Crippen LogP contribution is 2.23. The van der Waals surface area contributed by atoms with Crippen molar-refractivity contribution in [3.63, 3.8) is 0 Å². The van der Waals surface area contributed by atoms with Crippen LogP contribution in [0.1, 0.15) is 15.9 Å². The highest BCUT2D eigenvalue weighted by atomic mass is 19.3. The fraction of sp³-hybridized carbons (Fsp3) is 0.333. The molecule has 19 heavy (non-hydrogen) atoms. The maximum absolute atomic E-state index is 12.1. The lowest BCUT2D eigenvalue weighted by atomic mass is 10.1. The smallest absolute Gasteiger partial charge is 0.265 e. The number of rotatable bonds is 4. The zero-order valence-electron chi connectivity index (χ0n) is 9.82. The molecule has 0 spiro atoms. The second-order valence-corrected chi connectivity index (χ2v) is 4.21. The molecule has 0 saturated heterocycles. The summed E-state index contributed by atoms with van der Waals surface area (Å²) in [4.78, 5) is 22.8. The van der Waals surface area contributed by atoms with Gasteiger partial charge in [-0.2, -0.15) is 0 Å². The summed E-state index contributed by atoms with van der Waals surface area (Å²) >= 11 is 0. The number of carbonyl (C=O) groups is 2.